The van der Waals surface area contributed by atoms with E-state index in [1.165, 1.54) is 24.1 Å². The Labute approximate surface area is 272 Å². The molecule has 1 amide bonds. The maximum Gasteiger partial charge on any atom is 0.410 e. The molecule has 2 aromatic carbocycles. The fraction of sp³-hybridized carbons (Fsp3) is 0.556. The Morgan fingerprint density at radius 3 is 2.35 bits per heavy atom. The summed E-state index contributed by atoms with van der Waals surface area (Å²) in [5, 5.41) is 21.2. The van der Waals surface area contributed by atoms with Gasteiger partial charge < -0.3 is 19.6 Å². The summed E-state index contributed by atoms with van der Waals surface area (Å²) in [6.45, 7) is 8.64. The van der Waals surface area contributed by atoms with Gasteiger partial charge in [-0.05, 0) is 48.6 Å². The molecule has 10 nitrogen and oxygen atoms in total. The quantitative estimate of drug-likeness (QED) is 0.163. The molecule has 5 rings (SSSR count). The number of ether oxygens (including phenoxy) is 1. The van der Waals surface area contributed by atoms with Crippen LogP contribution in [0, 0.1) is 22.0 Å². The molecule has 0 bridgehead atoms. The first kappa shape index (κ1) is 33.6. The Morgan fingerprint density at radius 1 is 1.02 bits per heavy atom. The van der Waals surface area contributed by atoms with Crippen LogP contribution in [0.15, 0.2) is 67.3 Å². The second-order valence-corrected chi connectivity index (χ2v) is 13.2. The van der Waals surface area contributed by atoms with Crippen molar-refractivity contribution in [2.24, 2.45) is 11.8 Å². The fourth-order valence-electron chi connectivity index (χ4n) is 7.88. The summed E-state index contributed by atoms with van der Waals surface area (Å²) in [7, 11) is 0. The lowest BCUT2D eigenvalue weighted by molar-refractivity contribution is -0.384. The molecule has 0 spiro atoms. The first-order valence-electron chi connectivity index (χ1n) is 16.9. The minimum atomic E-state index is -0.679. The number of carbonyl (C=O) groups is 2. The van der Waals surface area contributed by atoms with Gasteiger partial charge in [0.05, 0.1) is 11.5 Å². The summed E-state index contributed by atoms with van der Waals surface area (Å²) < 4.78 is 5.63. The van der Waals surface area contributed by atoms with Gasteiger partial charge in [0.1, 0.15) is 6.04 Å². The van der Waals surface area contributed by atoms with Crippen LogP contribution in [0.4, 0.5) is 10.5 Å². The fourth-order valence-corrected chi connectivity index (χ4v) is 7.88. The summed E-state index contributed by atoms with van der Waals surface area (Å²) in [6, 6.07) is 16.5. The number of hydrogen-bond acceptors (Lipinski definition) is 7. The second-order valence-electron chi connectivity index (χ2n) is 13.2. The van der Waals surface area contributed by atoms with E-state index in [0.29, 0.717) is 18.9 Å². The molecule has 3 fully saturated rings. The van der Waals surface area contributed by atoms with E-state index in [-0.39, 0.29) is 36.3 Å². The summed E-state index contributed by atoms with van der Waals surface area (Å²) >= 11 is 0. The molecule has 248 valence electrons. The zero-order valence-electron chi connectivity index (χ0n) is 26.8. The van der Waals surface area contributed by atoms with E-state index in [4.69, 9.17) is 4.74 Å². The van der Waals surface area contributed by atoms with Crippen LogP contribution in [0.25, 0.3) is 0 Å². The number of hydrogen-bond donors (Lipinski definition) is 1. The Kier molecular flexibility index (Phi) is 11.8. The van der Waals surface area contributed by atoms with Crippen molar-refractivity contribution >= 4 is 17.7 Å². The van der Waals surface area contributed by atoms with E-state index in [1.54, 1.807) is 23.1 Å². The topological polar surface area (TPSA) is 116 Å². The van der Waals surface area contributed by atoms with Gasteiger partial charge in [-0.15, -0.1) is 6.58 Å². The molecule has 0 radical (unpaired) electrons. The smallest absolute Gasteiger partial charge is 0.410 e. The van der Waals surface area contributed by atoms with Crippen LogP contribution < -0.4 is 0 Å². The zero-order chi connectivity index (χ0) is 32.5. The van der Waals surface area contributed by atoms with E-state index >= 15 is 0 Å². The van der Waals surface area contributed by atoms with E-state index in [1.807, 2.05) is 6.07 Å². The largest absolute Gasteiger partial charge is 0.480 e. The van der Waals surface area contributed by atoms with Crippen molar-refractivity contribution in [3.8, 4) is 0 Å². The predicted octanol–water partition coefficient (Wildman–Crippen LogP) is 5.98. The number of carbonyl (C=O) groups excluding carboxylic acids is 1. The Bertz CT molecular complexity index is 1310. The van der Waals surface area contributed by atoms with Crippen LogP contribution in [0.3, 0.4) is 0 Å². The monoisotopic (exact) mass is 632 g/mol. The summed E-state index contributed by atoms with van der Waals surface area (Å²) in [6.07, 6.45) is 8.97. The molecule has 1 N–H and O–H groups in total. The normalized spacial score (nSPS) is 22.3. The zero-order valence-corrected chi connectivity index (χ0v) is 26.8. The molecule has 1 aliphatic carbocycles. The standard InChI is InChI=1S/C36H48N4O6/c1-2-20-39(36(43)46-23-19-27-13-15-32(16-14-27)40(44)45)31-17-21-37(22-18-31)24-30-25-38(26-33(30)28-9-5-3-6-10-28)34(35(41)42)29-11-7-4-8-12-29/h2-3,5-6,9-10,13-16,29-31,33-34H,1,4,7-8,11-12,17-26H2,(H,41,42)/t30-,33+,34+/m0/s1. The van der Waals surface area contributed by atoms with Gasteiger partial charge in [0.15, 0.2) is 0 Å². The van der Waals surface area contributed by atoms with Crippen LogP contribution in [-0.4, -0.2) is 94.8 Å². The number of non-ortho nitro benzene ring substituents is 1. The second kappa shape index (κ2) is 16.2. The molecule has 3 aliphatic rings. The number of likely N-dealkylation sites (tertiary alicyclic amines) is 2. The molecule has 2 heterocycles. The van der Waals surface area contributed by atoms with Crippen molar-refractivity contribution in [3.63, 3.8) is 0 Å². The number of nitro benzene ring substituents is 1. The summed E-state index contributed by atoms with van der Waals surface area (Å²) in [5.41, 5.74) is 2.19. The van der Waals surface area contributed by atoms with Gasteiger partial charge in [-0.3, -0.25) is 19.8 Å². The molecule has 0 aromatic heterocycles. The van der Waals surface area contributed by atoms with Crippen LogP contribution in [0.1, 0.15) is 62.0 Å². The lowest BCUT2D eigenvalue weighted by Crippen LogP contribution is -2.49. The molecule has 10 heteroatoms. The molecule has 1 saturated carbocycles. The molecule has 3 atom stereocenters. The Morgan fingerprint density at radius 2 is 1.72 bits per heavy atom. The van der Waals surface area contributed by atoms with Crippen LogP contribution >= 0.6 is 0 Å². The maximum atomic E-state index is 13.1. The number of benzene rings is 2. The first-order valence-corrected chi connectivity index (χ1v) is 16.9. The van der Waals surface area contributed by atoms with Crippen LogP contribution in [0.5, 0.6) is 0 Å². The average molecular weight is 633 g/mol. The summed E-state index contributed by atoms with van der Waals surface area (Å²) in [4.78, 5) is 42.7. The third kappa shape index (κ3) is 8.53. The number of rotatable bonds is 13. The summed E-state index contributed by atoms with van der Waals surface area (Å²) in [5.74, 6) is 0.162. The number of carboxylic acid groups (broad SMARTS) is 1. The lowest BCUT2D eigenvalue weighted by Gasteiger charge is -2.39. The molecular weight excluding hydrogens is 584 g/mol. The highest BCUT2D eigenvalue weighted by molar-refractivity contribution is 5.74. The lowest BCUT2D eigenvalue weighted by atomic mass is 9.83. The number of piperidine rings is 1. The minimum Gasteiger partial charge on any atom is -0.480 e. The molecule has 2 aliphatic heterocycles. The number of nitrogens with zero attached hydrogens (tertiary/aromatic N) is 4. The molecule has 2 saturated heterocycles. The number of aliphatic carboxylic acids is 1. The SMILES string of the molecule is C=CCN(C(=O)OCCc1ccc([N+](=O)[O-])cc1)C1CCN(C[C@H]2CN([C@@H](C(=O)O)C3CCCCC3)C[C@@H]2c2ccccc2)CC1. The predicted molar refractivity (Wildman–Crippen MR) is 177 cm³/mol. The van der Waals surface area contributed by atoms with Crippen molar-refractivity contribution in [1.82, 2.24) is 14.7 Å². The van der Waals surface area contributed by atoms with Gasteiger partial charge in [-0.1, -0.05) is 67.8 Å². The maximum absolute atomic E-state index is 13.1. The van der Waals surface area contributed by atoms with Crippen molar-refractivity contribution in [1.29, 1.82) is 0 Å². The van der Waals surface area contributed by atoms with Crippen molar-refractivity contribution in [2.75, 3.05) is 45.9 Å². The van der Waals surface area contributed by atoms with E-state index in [2.05, 4.69) is 40.6 Å². The van der Waals surface area contributed by atoms with E-state index in [0.717, 1.165) is 76.8 Å². The van der Waals surface area contributed by atoms with Crippen LogP contribution in [-0.2, 0) is 16.0 Å². The third-order valence-corrected chi connectivity index (χ3v) is 10.3. The van der Waals surface area contributed by atoms with Crippen molar-refractivity contribution in [2.45, 2.75) is 69.4 Å². The number of nitro groups is 1. The Hall–Kier alpha value is -3.76. The van der Waals surface area contributed by atoms with Crippen molar-refractivity contribution < 1.29 is 24.4 Å². The molecular formula is C36H48N4O6. The highest BCUT2D eigenvalue weighted by atomic mass is 16.6. The highest BCUT2D eigenvalue weighted by Crippen LogP contribution is 2.38. The highest BCUT2D eigenvalue weighted by Gasteiger charge is 2.43. The third-order valence-electron chi connectivity index (χ3n) is 10.3. The number of amides is 1. The number of carboxylic acids is 1. The average Bonchev–Trinajstić information content (AvgIpc) is 3.47. The van der Waals surface area contributed by atoms with Gasteiger partial charge in [0.2, 0.25) is 0 Å². The van der Waals surface area contributed by atoms with Gasteiger partial charge in [0, 0.05) is 69.8 Å². The van der Waals surface area contributed by atoms with Crippen LogP contribution in [0.2, 0.25) is 0 Å². The van der Waals surface area contributed by atoms with Crippen molar-refractivity contribution in [3.05, 3.63) is 88.5 Å². The minimum absolute atomic E-state index is 0.0361. The Balaban J connectivity index is 1.16. The molecule has 46 heavy (non-hydrogen) atoms. The van der Waals surface area contributed by atoms with E-state index < -0.39 is 16.9 Å². The van der Waals surface area contributed by atoms with E-state index in [9.17, 15) is 24.8 Å². The molecule has 2 aromatic rings. The van der Waals surface area contributed by atoms with Gasteiger partial charge in [0.25, 0.3) is 5.69 Å². The molecule has 0 unspecified atom stereocenters. The van der Waals surface area contributed by atoms with Gasteiger partial charge >= 0.3 is 12.1 Å². The van der Waals surface area contributed by atoms with Gasteiger partial charge in [-0.2, -0.15) is 0 Å². The first-order chi connectivity index (χ1) is 22.3. The van der Waals surface area contributed by atoms with Gasteiger partial charge in [-0.25, -0.2) is 4.79 Å².